The highest BCUT2D eigenvalue weighted by atomic mass is 16.1. The molecule has 0 bridgehead atoms. The van der Waals surface area contributed by atoms with Gasteiger partial charge in [-0.3, -0.25) is 4.79 Å². The van der Waals surface area contributed by atoms with Gasteiger partial charge in [0.05, 0.1) is 0 Å². The van der Waals surface area contributed by atoms with Crippen molar-refractivity contribution in [2.24, 2.45) is 7.05 Å². The van der Waals surface area contributed by atoms with Gasteiger partial charge >= 0.3 is 0 Å². The highest BCUT2D eigenvalue weighted by Gasteiger charge is 2.03. The molecule has 2 aromatic rings. The van der Waals surface area contributed by atoms with E-state index in [4.69, 9.17) is 0 Å². The Morgan fingerprint density at radius 1 is 1.40 bits per heavy atom. The Balaban J connectivity index is 2.27. The molecule has 1 N–H and O–H groups in total. The number of carbonyl (C=O) groups excluding carboxylic acids is 1. The zero-order chi connectivity index (χ0) is 10.7. The van der Waals surface area contributed by atoms with Crippen molar-refractivity contribution in [3.63, 3.8) is 0 Å². The van der Waals surface area contributed by atoms with Crippen LogP contribution in [0, 0.1) is 0 Å². The monoisotopic (exact) mass is 202 g/mol. The fourth-order valence-corrected chi connectivity index (χ4v) is 1.85. The zero-order valence-electron chi connectivity index (χ0n) is 8.73. The smallest absolute Gasteiger partial charge is 0.207 e. The topological polar surface area (TPSA) is 34.0 Å². The molecule has 0 atom stereocenters. The number of para-hydroxylation sites is 1. The van der Waals surface area contributed by atoms with Gasteiger partial charge in [0.2, 0.25) is 6.41 Å². The number of rotatable bonds is 4. The largest absolute Gasteiger partial charge is 0.358 e. The van der Waals surface area contributed by atoms with Crippen LogP contribution in [0.15, 0.2) is 30.3 Å². The summed E-state index contributed by atoms with van der Waals surface area (Å²) in [6.07, 6.45) is 1.60. The minimum Gasteiger partial charge on any atom is -0.358 e. The van der Waals surface area contributed by atoms with Crippen LogP contribution in [0.25, 0.3) is 10.9 Å². The van der Waals surface area contributed by atoms with E-state index in [9.17, 15) is 4.79 Å². The summed E-state index contributed by atoms with van der Waals surface area (Å²) in [5.41, 5.74) is 2.48. The summed E-state index contributed by atoms with van der Waals surface area (Å²) in [7, 11) is 2.05. The van der Waals surface area contributed by atoms with Crippen LogP contribution >= 0.6 is 0 Å². The fourth-order valence-electron chi connectivity index (χ4n) is 1.85. The lowest BCUT2D eigenvalue weighted by atomic mass is 10.2. The molecule has 0 spiro atoms. The maximum atomic E-state index is 10.1. The fraction of sp³-hybridized carbons (Fsp3) is 0.250. The number of nitrogens with zero attached hydrogens (tertiary/aromatic N) is 1. The van der Waals surface area contributed by atoms with E-state index in [-0.39, 0.29) is 0 Å². The second kappa shape index (κ2) is 4.17. The summed E-state index contributed by atoms with van der Waals surface area (Å²) in [5, 5.41) is 3.93. The van der Waals surface area contributed by atoms with Crippen molar-refractivity contribution >= 4 is 17.3 Å². The van der Waals surface area contributed by atoms with E-state index in [1.165, 1.54) is 16.6 Å². The van der Waals surface area contributed by atoms with E-state index in [0.29, 0.717) is 6.54 Å². The van der Waals surface area contributed by atoms with Gasteiger partial charge in [-0.05, 0) is 17.5 Å². The van der Waals surface area contributed by atoms with E-state index >= 15 is 0 Å². The third kappa shape index (κ3) is 1.86. The van der Waals surface area contributed by atoms with Crippen molar-refractivity contribution in [3.05, 3.63) is 36.0 Å². The molecule has 0 aliphatic rings. The first kappa shape index (κ1) is 9.77. The van der Waals surface area contributed by atoms with Gasteiger partial charge in [0.25, 0.3) is 0 Å². The molecule has 2 rings (SSSR count). The lowest BCUT2D eigenvalue weighted by molar-refractivity contribution is -0.109. The number of hydrogen-bond acceptors (Lipinski definition) is 1. The molecule has 3 heteroatoms. The molecule has 0 saturated carbocycles. The van der Waals surface area contributed by atoms with E-state index in [2.05, 4.69) is 35.1 Å². The van der Waals surface area contributed by atoms with Gasteiger partial charge in [0.15, 0.2) is 0 Å². The number of fused-ring (bicyclic) bond motifs is 1. The van der Waals surface area contributed by atoms with Crippen LogP contribution in [0.5, 0.6) is 0 Å². The minimum atomic E-state index is 0.688. The van der Waals surface area contributed by atoms with Crippen LogP contribution in [0.4, 0.5) is 0 Å². The summed E-state index contributed by atoms with van der Waals surface area (Å²) < 4.78 is 2.17. The minimum absolute atomic E-state index is 0.688. The number of aromatic nitrogens is 1. The summed E-state index contributed by atoms with van der Waals surface area (Å²) in [5.74, 6) is 0. The number of carbonyl (C=O) groups is 1. The average Bonchev–Trinajstić information content (AvgIpc) is 2.57. The number of nitrogens with one attached hydrogen (secondary N) is 1. The Kier molecular flexibility index (Phi) is 2.72. The van der Waals surface area contributed by atoms with Gasteiger partial charge in [-0.15, -0.1) is 0 Å². The van der Waals surface area contributed by atoms with E-state index in [1.807, 2.05) is 12.1 Å². The average molecular weight is 202 g/mol. The third-order valence-electron chi connectivity index (χ3n) is 2.66. The predicted molar refractivity (Wildman–Crippen MR) is 60.7 cm³/mol. The van der Waals surface area contributed by atoms with Crippen molar-refractivity contribution < 1.29 is 4.79 Å². The number of benzene rings is 1. The van der Waals surface area contributed by atoms with E-state index in [1.54, 1.807) is 0 Å². The standard InChI is InChI=1S/C12H14N2O/c1-14-11(6-7-13-9-15)8-10-4-2-3-5-12(10)14/h2-5,8-9H,6-7H2,1H3,(H,13,15). The highest BCUT2D eigenvalue weighted by Crippen LogP contribution is 2.18. The summed E-state index contributed by atoms with van der Waals surface area (Å²) >= 11 is 0. The van der Waals surface area contributed by atoms with Crippen LogP contribution in [0.2, 0.25) is 0 Å². The molecular formula is C12H14N2O. The lowest BCUT2D eigenvalue weighted by Gasteiger charge is -2.03. The van der Waals surface area contributed by atoms with Gasteiger partial charge in [-0.1, -0.05) is 18.2 Å². The Morgan fingerprint density at radius 2 is 2.20 bits per heavy atom. The molecule has 0 aliphatic heterocycles. The van der Waals surface area contributed by atoms with E-state index < -0.39 is 0 Å². The first-order valence-electron chi connectivity index (χ1n) is 5.03. The Labute approximate surface area is 88.7 Å². The molecule has 1 aromatic heterocycles. The second-order valence-electron chi connectivity index (χ2n) is 3.58. The SMILES string of the molecule is Cn1c(CCNC=O)cc2ccccc21. The van der Waals surface area contributed by atoms with Gasteiger partial charge in [-0.25, -0.2) is 0 Å². The van der Waals surface area contributed by atoms with Crippen molar-refractivity contribution in [1.82, 2.24) is 9.88 Å². The summed E-state index contributed by atoms with van der Waals surface area (Å²) in [6, 6.07) is 10.4. The molecule has 1 amide bonds. The molecule has 15 heavy (non-hydrogen) atoms. The first-order valence-corrected chi connectivity index (χ1v) is 5.03. The second-order valence-corrected chi connectivity index (χ2v) is 3.58. The van der Waals surface area contributed by atoms with Gasteiger partial charge < -0.3 is 9.88 Å². The molecule has 0 unspecified atom stereocenters. The molecule has 0 radical (unpaired) electrons. The predicted octanol–water partition coefficient (Wildman–Crippen LogP) is 1.47. The molecule has 0 fully saturated rings. The molecule has 1 heterocycles. The van der Waals surface area contributed by atoms with Gasteiger partial charge in [0.1, 0.15) is 0 Å². The maximum Gasteiger partial charge on any atom is 0.207 e. The Hall–Kier alpha value is -1.77. The lowest BCUT2D eigenvalue weighted by Crippen LogP contribution is -2.15. The van der Waals surface area contributed by atoms with Crippen molar-refractivity contribution in [2.45, 2.75) is 6.42 Å². The van der Waals surface area contributed by atoms with Crippen molar-refractivity contribution in [1.29, 1.82) is 0 Å². The van der Waals surface area contributed by atoms with Crippen LogP contribution in [-0.4, -0.2) is 17.5 Å². The zero-order valence-corrected chi connectivity index (χ0v) is 8.73. The third-order valence-corrected chi connectivity index (χ3v) is 2.66. The number of aryl methyl sites for hydroxylation is 1. The maximum absolute atomic E-state index is 10.1. The van der Waals surface area contributed by atoms with E-state index in [0.717, 1.165) is 12.8 Å². The van der Waals surface area contributed by atoms with Gasteiger partial charge in [-0.2, -0.15) is 0 Å². The summed E-state index contributed by atoms with van der Waals surface area (Å²) in [6.45, 7) is 0.688. The molecule has 0 aliphatic carbocycles. The Bertz CT molecular complexity index is 473. The quantitative estimate of drug-likeness (QED) is 0.591. The van der Waals surface area contributed by atoms with Crippen molar-refractivity contribution in [2.75, 3.05) is 6.54 Å². The number of hydrogen-bond donors (Lipinski definition) is 1. The molecule has 78 valence electrons. The normalized spacial score (nSPS) is 10.5. The molecule has 3 nitrogen and oxygen atoms in total. The molecule has 1 aromatic carbocycles. The molecule has 0 saturated heterocycles. The number of amides is 1. The van der Waals surface area contributed by atoms with Crippen molar-refractivity contribution in [3.8, 4) is 0 Å². The highest BCUT2D eigenvalue weighted by molar-refractivity contribution is 5.81. The molecular weight excluding hydrogens is 188 g/mol. The van der Waals surface area contributed by atoms with Crippen LogP contribution in [-0.2, 0) is 18.3 Å². The Morgan fingerprint density at radius 3 is 2.93 bits per heavy atom. The summed E-state index contributed by atoms with van der Waals surface area (Å²) in [4.78, 5) is 10.1. The van der Waals surface area contributed by atoms with Gasteiger partial charge in [0, 0.05) is 31.2 Å². The van der Waals surface area contributed by atoms with Crippen LogP contribution in [0.3, 0.4) is 0 Å². The first-order chi connectivity index (χ1) is 7.33. The van der Waals surface area contributed by atoms with Crippen LogP contribution in [0.1, 0.15) is 5.69 Å². The van der Waals surface area contributed by atoms with Crippen LogP contribution < -0.4 is 5.32 Å².